The molecule has 0 aromatic carbocycles. The molecule has 0 saturated carbocycles. The van der Waals surface area contributed by atoms with Crippen molar-refractivity contribution < 1.29 is 9.47 Å². The lowest BCUT2D eigenvalue weighted by molar-refractivity contribution is -0.149. The standard InChI is InChI=1S/C16H24N2O2/c1-19-13-16-7-4-10-20-15(16)6-9-18(12-16)11-14-5-2-3-8-17-14/h2-3,5,8,15H,4,6-7,9-13H2,1H3/t15-,16+/m1/s1. The average Bonchev–Trinajstić information content (AvgIpc) is 2.48. The highest BCUT2D eigenvalue weighted by Crippen LogP contribution is 2.40. The van der Waals surface area contributed by atoms with Gasteiger partial charge in [-0.25, -0.2) is 0 Å². The van der Waals surface area contributed by atoms with Crippen LogP contribution in [0.5, 0.6) is 0 Å². The number of hydrogen-bond acceptors (Lipinski definition) is 4. The molecular weight excluding hydrogens is 252 g/mol. The average molecular weight is 276 g/mol. The van der Waals surface area contributed by atoms with Crippen LogP contribution < -0.4 is 0 Å². The van der Waals surface area contributed by atoms with Gasteiger partial charge in [0.05, 0.1) is 18.4 Å². The summed E-state index contributed by atoms with van der Waals surface area (Å²) in [6, 6.07) is 6.13. The fourth-order valence-corrected chi connectivity index (χ4v) is 3.74. The van der Waals surface area contributed by atoms with Crippen molar-refractivity contribution >= 4 is 0 Å². The second-order valence-corrected chi connectivity index (χ2v) is 6.08. The van der Waals surface area contributed by atoms with Crippen molar-refractivity contribution in [2.24, 2.45) is 5.41 Å². The van der Waals surface area contributed by atoms with Gasteiger partial charge in [0.2, 0.25) is 0 Å². The van der Waals surface area contributed by atoms with E-state index in [4.69, 9.17) is 9.47 Å². The Morgan fingerprint density at radius 1 is 1.50 bits per heavy atom. The van der Waals surface area contributed by atoms with E-state index in [2.05, 4.69) is 22.0 Å². The fourth-order valence-electron chi connectivity index (χ4n) is 3.74. The van der Waals surface area contributed by atoms with Gasteiger partial charge in [0.15, 0.2) is 0 Å². The molecular formula is C16H24N2O2. The fraction of sp³-hybridized carbons (Fsp3) is 0.688. The second kappa shape index (κ2) is 6.20. The van der Waals surface area contributed by atoms with Gasteiger partial charge in [-0.3, -0.25) is 9.88 Å². The van der Waals surface area contributed by atoms with E-state index < -0.39 is 0 Å². The predicted octanol–water partition coefficient (Wildman–Crippen LogP) is 2.10. The summed E-state index contributed by atoms with van der Waals surface area (Å²) < 4.78 is 11.5. The maximum absolute atomic E-state index is 6.01. The number of nitrogens with zero attached hydrogens (tertiary/aromatic N) is 2. The molecule has 2 fully saturated rings. The molecule has 110 valence electrons. The van der Waals surface area contributed by atoms with Crippen LogP contribution in [0.1, 0.15) is 25.0 Å². The van der Waals surface area contributed by atoms with Gasteiger partial charge >= 0.3 is 0 Å². The molecule has 0 amide bonds. The van der Waals surface area contributed by atoms with Crippen LogP contribution in [0.25, 0.3) is 0 Å². The van der Waals surface area contributed by atoms with Gasteiger partial charge in [0.25, 0.3) is 0 Å². The van der Waals surface area contributed by atoms with E-state index in [1.54, 1.807) is 7.11 Å². The molecule has 2 atom stereocenters. The van der Waals surface area contributed by atoms with Crippen LogP contribution >= 0.6 is 0 Å². The first kappa shape index (κ1) is 14.0. The van der Waals surface area contributed by atoms with Gasteiger partial charge < -0.3 is 9.47 Å². The Bertz CT molecular complexity index is 422. The highest BCUT2D eigenvalue weighted by atomic mass is 16.5. The Morgan fingerprint density at radius 3 is 3.25 bits per heavy atom. The van der Waals surface area contributed by atoms with Crippen molar-refractivity contribution in [1.82, 2.24) is 9.88 Å². The number of pyridine rings is 1. The number of rotatable bonds is 4. The minimum atomic E-state index is 0.181. The lowest BCUT2D eigenvalue weighted by Gasteiger charge is -2.50. The van der Waals surface area contributed by atoms with Gasteiger partial charge in [-0.2, -0.15) is 0 Å². The number of hydrogen-bond donors (Lipinski definition) is 0. The summed E-state index contributed by atoms with van der Waals surface area (Å²) in [5.74, 6) is 0. The third kappa shape index (κ3) is 2.87. The zero-order valence-electron chi connectivity index (χ0n) is 12.3. The molecule has 3 heterocycles. The summed E-state index contributed by atoms with van der Waals surface area (Å²) in [6.07, 6.45) is 5.71. The van der Waals surface area contributed by atoms with Crippen LogP contribution in [0.2, 0.25) is 0 Å². The number of likely N-dealkylation sites (tertiary alicyclic amines) is 1. The lowest BCUT2D eigenvalue weighted by Crippen LogP contribution is -2.56. The van der Waals surface area contributed by atoms with Crippen LogP contribution in [0, 0.1) is 5.41 Å². The van der Waals surface area contributed by atoms with E-state index in [0.717, 1.165) is 51.4 Å². The summed E-state index contributed by atoms with van der Waals surface area (Å²) in [6.45, 7) is 4.79. The first-order chi connectivity index (χ1) is 9.82. The van der Waals surface area contributed by atoms with Crippen LogP contribution in [0.4, 0.5) is 0 Å². The summed E-state index contributed by atoms with van der Waals surface area (Å²) >= 11 is 0. The molecule has 0 spiro atoms. The number of aromatic nitrogens is 1. The molecule has 2 aliphatic rings. The lowest BCUT2D eigenvalue weighted by atomic mass is 9.73. The number of methoxy groups -OCH3 is 1. The summed E-state index contributed by atoms with van der Waals surface area (Å²) in [4.78, 5) is 6.95. The normalized spacial score (nSPS) is 30.9. The molecule has 3 rings (SSSR count). The number of ether oxygens (including phenoxy) is 2. The smallest absolute Gasteiger partial charge is 0.0677 e. The molecule has 1 aromatic rings. The quantitative estimate of drug-likeness (QED) is 0.843. The molecule has 4 heteroatoms. The zero-order valence-corrected chi connectivity index (χ0v) is 12.3. The molecule has 2 saturated heterocycles. The minimum absolute atomic E-state index is 0.181. The maximum atomic E-state index is 6.01. The van der Waals surface area contributed by atoms with Crippen molar-refractivity contribution in [3.05, 3.63) is 30.1 Å². The largest absolute Gasteiger partial charge is 0.384 e. The predicted molar refractivity (Wildman–Crippen MR) is 77.4 cm³/mol. The molecule has 0 radical (unpaired) electrons. The van der Waals surface area contributed by atoms with E-state index in [1.807, 2.05) is 12.3 Å². The molecule has 0 unspecified atom stereocenters. The van der Waals surface area contributed by atoms with Crippen LogP contribution in [-0.2, 0) is 16.0 Å². The third-order valence-corrected chi connectivity index (χ3v) is 4.61. The highest BCUT2D eigenvalue weighted by molar-refractivity contribution is 5.05. The first-order valence-electron chi connectivity index (χ1n) is 7.55. The summed E-state index contributed by atoms with van der Waals surface area (Å²) in [7, 11) is 1.80. The summed E-state index contributed by atoms with van der Waals surface area (Å²) in [5, 5.41) is 0. The molecule has 0 N–H and O–H groups in total. The van der Waals surface area contributed by atoms with Gasteiger partial charge in [0, 0.05) is 45.0 Å². The number of piperidine rings is 1. The van der Waals surface area contributed by atoms with Crippen LogP contribution in [0.15, 0.2) is 24.4 Å². The number of fused-ring (bicyclic) bond motifs is 1. The van der Waals surface area contributed by atoms with Crippen molar-refractivity contribution in [3.8, 4) is 0 Å². The van der Waals surface area contributed by atoms with Crippen LogP contribution in [-0.4, -0.2) is 49.4 Å². The third-order valence-electron chi connectivity index (χ3n) is 4.61. The minimum Gasteiger partial charge on any atom is -0.384 e. The van der Waals surface area contributed by atoms with E-state index in [9.17, 15) is 0 Å². The Labute approximate surface area is 121 Å². The second-order valence-electron chi connectivity index (χ2n) is 6.08. The van der Waals surface area contributed by atoms with Crippen molar-refractivity contribution in [3.63, 3.8) is 0 Å². The van der Waals surface area contributed by atoms with Gasteiger partial charge in [-0.1, -0.05) is 6.07 Å². The van der Waals surface area contributed by atoms with Crippen molar-refractivity contribution in [1.29, 1.82) is 0 Å². The van der Waals surface area contributed by atoms with E-state index in [1.165, 1.54) is 6.42 Å². The zero-order chi connectivity index (χ0) is 13.8. The van der Waals surface area contributed by atoms with Crippen LogP contribution in [0.3, 0.4) is 0 Å². The first-order valence-corrected chi connectivity index (χ1v) is 7.55. The van der Waals surface area contributed by atoms with Crippen molar-refractivity contribution in [2.45, 2.75) is 31.9 Å². The summed E-state index contributed by atoms with van der Waals surface area (Å²) in [5.41, 5.74) is 1.33. The van der Waals surface area contributed by atoms with E-state index in [-0.39, 0.29) is 5.41 Å². The molecule has 20 heavy (non-hydrogen) atoms. The Morgan fingerprint density at radius 2 is 2.45 bits per heavy atom. The van der Waals surface area contributed by atoms with E-state index >= 15 is 0 Å². The Balaban J connectivity index is 1.70. The molecule has 1 aromatic heterocycles. The SMILES string of the molecule is COC[C@@]12CCCO[C@@H]1CCN(Cc1ccccn1)C2. The monoisotopic (exact) mass is 276 g/mol. The van der Waals surface area contributed by atoms with Crippen molar-refractivity contribution in [2.75, 3.05) is 33.4 Å². The Kier molecular flexibility index (Phi) is 4.34. The molecule has 0 bridgehead atoms. The van der Waals surface area contributed by atoms with Gasteiger partial charge in [-0.15, -0.1) is 0 Å². The Hall–Kier alpha value is -0.970. The molecule has 2 aliphatic heterocycles. The van der Waals surface area contributed by atoms with Gasteiger partial charge in [0.1, 0.15) is 0 Å². The van der Waals surface area contributed by atoms with E-state index in [0.29, 0.717) is 6.10 Å². The molecule has 0 aliphatic carbocycles. The maximum Gasteiger partial charge on any atom is 0.0677 e. The highest BCUT2D eigenvalue weighted by Gasteiger charge is 2.45. The molecule has 4 nitrogen and oxygen atoms in total. The topological polar surface area (TPSA) is 34.6 Å². The van der Waals surface area contributed by atoms with Gasteiger partial charge in [-0.05, 0) is 31.4 Å².